The van der Waals surface area contributed by atoms with E-state index in [1.54, 1.807) is 19.1 Å². The molecular formula is C14H12O. The van der Waals surface area contributed by atoms with Crippen molar-refractivity contribution in [1.82, 2.24) is 0 Å². The molecule has 1 aliphatic carbocycles. The molecule has 0 aromatic heterocycles. The minimum absolute atomic E-state index is 0.826. The Bertz CT molecular complexity index is 479. The summed E-state index contributed by atoms with van der Waals surface area (Å²) >= 11 is 0. The lowest BCUT2D eigenvalue weighted by atomic mass is 9.87. The lowest BCUT2D eigenvalue weighted by molar-refractivity contribution is 0.101. The molecule has 0 bridgehead atoms. The summed E-state index contributed by atoms with van der Waals surface area (Å²) in [5.41, 5.74) is 6.41. The molecule has 0 saturated heterocycles. The van der Waals surface area contributed by atoms with E-state index in [2.05, 4.69) is 11.5 Å². The molecule has 0 aliphatic heterocycles. The summed E-state index contributed by atoms with van der Waals surface area (Å²) in [6.45, 7) is 1.78. The fourth-order valence-corrected chi connectivity index (χ4v) is 1.58. The number of aliphatic hydroxyl groups is 1. The molecule has 0 amide bonds. The van der Waals surface area contributed by atoms with Crippen molar-refractivity contribution in [3.63, 3.8) is 0 Å². The quantitative estimate of drug-likeness (QED) is 0.721. The average Bonchev–Trinajstić information content (AvgIpc) is 2.31. The molecule has 1 aliphatic rings. The van der Waals surface area contributed by atoms with Gasteiger partial charge in [-0.25, -0.2) is 0 Å². The summed E-state index contributed by atoms with van der Waals surface area (Å²) in [5, 5.41) is 10.4. The molecule has 1 heteroatoms. The molecule has 1 N–H and O–H groups in total. The Balaban J connectivity index is 2.40. The van der Waals surface area contributed by atoms with Crippen LogP contribution in [0.4, 0.5) is 0 Å². The lowest BCUT2D eigenvalue weighted by Crippen LogP contribution is -2.23. The first-order chi connectivity index (χ1) is 7.21. The third kappa shape index (κ3) is 1.86. The van der Waals surface area contributed by atoms with Crippen LogP contribution in [0.3, 0.4) is 0 Å². The van der Waals surface area contributed by atoms with Crippen molar-refractivity contribution in [2.45, 2.75) is 12.5 Å². The summed E-state index contributed by atoms with van der Waals surface area (Å²) in [6, 6.07) is 9.60. The highest BCUT2D eigenvalue weighted by Gasteiger charge is 2.26. The summed E-state index contributed by atoms with van der Waals surface area (Å²) in [7, 11) is 0. The standard InChI is InChI=1S/C14H12O/c1-14(15,12-8-4-2-5-9-12)13-10-6-3-7-11-13/h2,4-6,8-11,15H,1H3. The molecule has 0 fully saturated rings. The SMILES string of the molecule is CC(O)(C1=CC=C=C=C1)c1ccccc1. The molecule has 1 unspecified atom stereocenters. The van der Waals surface area contributed by atoms with Gasteiger partial charge in [-0.05, 0) is 36.3 Å². The zero-order valence-electron chi connectivity index (χ0n) is 8.57. The summed E-state index contributed by atoms with van der Waals surface area (Å²) in [4.78, 5) is 0. The van der Waals surface area contributed by atoms with Gasteiger partial charge in [0, 0.05) is 0 Å². The molecule has 1 nitrogen and oxygen atoms in total. The first-order valence-corrected chi connectivity index (χ1v) is 4.87. The molecule has 1 aromatic carbocycles. The summed E-state index contributed by atoms with van der Waals surface area (Å²) < 4.78 is 0. The largest absolute Gasteiger partial charge is 0.381 e. The van der Waals surface area contributed by atoms with Gasteiger partial charge in [0.2, 0.25) is 0 Å². The Morgan fingerprint density at radius 3 is 2.47 bits per heavy atom. The van der Waals surface area contributed by atoms with E-state index in [0.717, 1.165) is 11.1 Å². The molecule has 2 rings (SSSR count). The maximum atomic E-state index is 10.4. The number of hydrogen-bond donors (Lipinski definition) is 1. The Kier molecular flexibility index (Phi) is 2.45. The number of hydrogen-bond acceptors (Lipinski definition) is 1. The van der Waals surface area contributed by atoms with E-state index >= 15 is 0 Å². The third-order valence-electron chi connectivity index (χ3n) is 2.56. The Hall–Kier alpha value is -1.78. The van der Waals surface area contributed by atoms with E-state index in [0.29, 0.717) is 0 Å². The molecule has 1 aromatic rings. The molecule has 0 saturated carbocycles. The smallest absolute Gasteiger partial charge is 0.112 e. The Morgan fingerprint density at radius 1 is 1.13 bits per heavy atom. The van der Waals surface area contributed by atoms with Crippen LogP contribution < -0.4 is 0 Å². The van der Waals surface area contributed by atoms with E-state index in [1.165, 1.54) is 0 Å². The highest BCUT2D eigenvalue weighted by molar-refractivity contribution is 5.40. The van der Waals surface area contributed by atoms with Crippen LogP contribution in [-0.2, 0) is 5.60 Å². The maximum absolute atomic E-state index is 10.4. The molecule has 1 atom stereocenters. The molecule has 0 heterocycles. The Labute approximate surface area is 89.4 Å². The van der Waals surface area contributed by atoms with Gasteiger partial charge in [-0.15, -0.1) is 0 Å². The van der Waals surface area contributed by atoms with Crippen LogP contribution in [0.25, 0.3) is 0 Å². The molecule has 74 valence electrons. The second kappa shape index (κ2) is 3.76. The van der Waals surface area contributed by atoms with Gasteiger partial charge in [0.1, 0.15) is 5.60 Å². The summed E-state index contributed by atoms with van der Waals surface area (Å²) in [6.07, 6.45) is 5.36. The van der Waals surface area contributed by atoms with Crippen molar-refractivity contribution in [3.05, 3.63) is 71.2 Å². The van der Waals surface area contributed by atoms with Crippen LogP contribution in [0.2, 0.25) is 0 Å². The van der Waals surface area contributed by atoms with E-state index in [-0.39, 0.29) is 0 Å². The van der Waals surface area contributed by atoms with Crippen molar-refractivity contribution in [2.75, 3.05) is 0 Å². The maximum Gasteiger partial charge on any atom is 0.112 e. The second-order valence-electron chi connectivity index (χ2n) is 3.66. The molecule has 0 radical (unpaired) electrons. The predicted octanol–water partition coefficient (Wildman–Crippen LogP) is 2.70. The normalized spacial score (nSPS) is 17.3. The molecule has 15 heavy (non-hydrogen) atoms. The third-order valence-corrected chi connectivity index (χ3v) is 2.56. The van der Waals surface area contributed by atoms with Gasteiger partial charge >= 0.3 is 0 Å². The van der Waals surface area contributed by atoms with E-state index < -0.39 is 5.60 Å². The summed E-state index contributed by atoms with van der Waals surface area (Å²) in [5.74, 6) is 0. The number of allylic oxidation sites excluding steroid dienone is 2. The van der Waals surface area contributed by atoms with Crippen LogP contribution in [0.1, 0.15) is 12.5 Å². The zero-order valence-corrected chi connectivity index (χ0v) is 8.57. The number of benzene rings is 1. The van der Waals surface area contributed by atoms with Gasteiger partial charge in [0.25, 0.3) is 0 Å². The van der Waals surface area contributed by atoms with Crippen molar-refractivity contribution in [3.8, 4) is 0 Å². The second-order valence-corrected chi connectivity index (χ2v) is 3.66. The van der Waals surface area contributed by atoms with Gasteiger partial charge in [0.05, 0.1) is 0 Å². The molecular weight excluding hydrogens is 184 g/mol. The minimum Gasteiger partial charge on any atom is -0.381 e. The van der Waals surface area contributed by atoms with Gasteiger partial charge in [-0.3, -0.25) is 0 Å². The predicted molar refractivity (Wildman–Crippen MR) is 60.3 cm³/mol. The van der Waals surface area contributed by atoms with E-state index in [4.69, 9.17) is 0 Å². The zero-order chi connectivity index (χ0) is 10.7. The fraction of sp³-hybridized carbons (Fsp3) is 0.143. The van der Waals surface area contributed by atoms with Crippen molar-refractivity contribution >= 4 is 0 Å². The van der Waals surface area contributed by atoms with Crippen LogP contribution >= 0.6 is 0 Å². The van der Waals surface area contributed by atoms with Crippen LogP contribution in [0.5, 0.6) is 0 Å². The minimum atomic E-state index is -0.965. The van der Waals surface area contributed by atoms with E-state index in [1.807, 2.05) is 36.4 Å². The van der Waals surface area contributed by atoms with Crippen LogP contribution in [0.15, 0.2) is 65.6 Å². The first-order valence-electron chi connectivity index (χ1n) is 4.87. The van der Waals surface area contributed by atoms with Crippen LogP contribution in [0, 0.1) is 0 Å². The van der Waals surface area contributed by atoms with Crippen molar-refractivity contribution in [1.29, 1.82) is 0 Å². The van der Waals surface area contributed by atoms with Crippen LogP contribution in [-0.4, -0.2) is 5.11 Å². The lowest BCUT2D eigenvalue weighted by Gasteiger charge is -2.25. The van der Waals surface area contributed by atoms with Gasteiger partial charge in [-0.1, -0.05) is 41.8 Å². The van der Waals surface area contributed by atoms with Gasteiger partial charge < -0.3 is 5.11 Å². The average molecular weight is 196 g/mol. The Morgan fingerprint density at radius 2 is 1.87 bits per heavy atom. The van der Waals surface area contributed by atoms with Gasteiger partial charge in [-0.2, -0.15) is 0 Å². The van der Waals surface area contributed by atoms with E-state index in [9.17, 15) is 5.11 Å². The highest BCUT2D eigenvalue weighted by atomic mass is 16.3. The fourth-order valence-electron chi connectivity index (χ4n) is 1.58. The van der Waals surface area contributed by atoms with Gasteiger partial charge in [0.15, 0.2) is 0 Å². The number of rotatable bonds is 2. The monoisotopic (exact) mass is 196 g/mol. The van der Waals surface area contributed by atoms with Crippen molar-refractivity contribution in [2.24, 2.45) is 0 Å². The topological polar surface area (TPSA) is 20.2 Å². The van der Waals surface area contributed by atoms with Crippen molar-refractivity contribution < 1.29 is 5.11 Å². The first kappa shape index (κ1) is 9.76. The highest BCUT2D eigenvalue weighted by Crippen LogP contribution is 2.29. The molecule has 0 spiro atoms.